The molecule has 0 atom stereocenters. The molecule has 1 aliphatic rings. The van der Waals surface area contributed by atoms with Gasteiger partial charge in [-0.25, -0.2) is 14.5 Å². The van der Waals surface area contributed by atoms with Crippen molar-refractivity contribution < 1.29 is 14.7 Å². The number of likely N-dealkylation sites (tertiary alicyclic amines) is 1. The molecule has 1 saturated heterocycles. The van der Waals surface area contributed by atoms with Crippen LogP contribution < -0.4 is 5.73 Å². The highest BCUT2D eigenvalue weighted by Gasteiger charge is 2.34. The van der Waals surface area contributed by atoms with Crippen molar-refractivity contribution in [2.45, 2.75) is 12.6 Å². The van der Waals surface area contributed by atoms with Crippen molar-refractivity contribution in [3.05, 3.63) is 28.0 Å². The smallest absolute Gasteiger partial charge is 0.358 e. The summed E-state index contributed by atoms with van der Waals surface area (Å²) in [6, 6.07) is -0.0536. The van der Waals surface area contributed by atoms with Gasteiger partial charge in [0.05, 0.1) is 12.2 Å². The maximum Gasteiger partial charge on any atom is 0.358 e. The van der Waals surface area contributed by atoms with Crippen LogP contribution in [0.2, 0.25) is 0 Å². The van der Waals surface area contributed by atoms with E-state index in [2.05, 4.69) is 15.3 Å². The second-order valence-corrected chi connectivity index (χ2v) is 5.53. The minimum atomic E-state index is -1.12. The van der Waals surface area contributed by atoms with Crippen molar-refractivity contribution in [1.29, 1.82) is 0 Å². The largest absolute Gasteiger partial charge is 0.476 e. The lowest BCUT2D eigenvalue weighted by molar-refractivity contribution is 0.0492. The number of aromatic carboxylic acids is 1. The molecule has 1 fully saturated rings. The predicted molar refractivity (Wildman–Crippen MR) is 71.9 cm³/mol. The van der Waals surface area contributed by atoms with Gasteiger partial charge in [-0.2, -0.15) is 0 Å². The van der Waals surface area contributed by atoms with Crippen molar-refractivity contribution in [1.82, 2.24) is 24.9 Å². The lowest BCUT2D eigenvalue weighted by Gasteiger charge is -2.38. The van der Waals surface area contributed by atoms with E-state index in [9.17, 15) is 9.59 Å². The first-order chi connectivity index (χ1) is 10.1. The molecule has 0 bridgehead atoms. The molecule has 0 unspecified atom stereocenters. The molecule has 2 aromatic heterocycles. The van der Waals surface area contributed by atoms with Gasteiger partial charge in [0.2, 0.25) is 0 Å². The van der Waals surface area contributed by atoms with Crippen molar-refractivity contribution in [2.75, 3.05) is 13.1 Å². The topological polar surface area (TPSA) is 127 Å². The van der Waals surface area contributed by atoms with Crippen LogP contribution >= 0.6 is 11.3 Å². The number of thiazole rings is 1. The van der Waals surface area contributed by atoms with Crippen LogP contribution in [0.3, 0.4) is 0 Å². The third-order valence-electron chi connectivity index (χ3n) is 3.20. The lowest BCUT2D eigenvalue weighted by Crippen LogP contribution is -2.51. The van der Waals surface area contributed by atoms with E-state index in [-0.39, 0.29) is 17.6 Å². The summed E-state index contributed by atoms with van der Waals surface area (Å²) in [5.41, 5.74) is 5.75. The molecule has 0 aliphatic carbocycles. The SMILES string of the molecule is NCc1nc(C(=O)N2CC(n3cc(C(=O)O)nn3)C2)cs1. The molecule has 0 saturated carbocycles. The predicted octanol–water partition coefficient (Wildman–Crippen LogP) is -0.411. The molecule has 3 N–H and O–H groups in total. The number of hydrogen-bond donors (Lipinski definition) is 2. The van der Waals surface area contributed by atoms with Crippen LogP contribution in [0.25, 0.3) is 0 Å². The van der Waals surface area contributed by atoms with Crippen molar-refractivity contribution in [3.8, 4) is 0 Å². The number of carboxylic acid groups (broad SMARTS) is 1. The summed E-state index contributed by atoms with van der Waals surface area (Å²) in [6.07, 6.45) is 1.37. The van der Waals surface area contributed by atoms with Crippen LogP contribution in [0.5, 0.6) is 0 Å². The van der Waals surface area contributed by atoms with E-state index < -0.39 is 5.97 Å². The Balaban J connectivity index is 1.62. The summed E-state index contributed by atoms with van der Waals surface area (Å²) in [6.45, 7) is 1.23. The second kappa shape index (κ2) is 5.22. The van der Waals surface area contributed by atoms with Gasteiger partial charge in [0.1, 0.15) is 10.7 Å². The van der Waals surface area contributed by atoms with Gasteiger partial charge in [0, 0.05) is 25.0 Å². The molecule has 9 nitrogen and oxygen atoms in total. The molecule has 21 heavy (non-hydrogen) atoms. The number of nitrogens with zero attached hydrogens (tertiary/aromatic N) is 5. The molecule has 110 valence electrons. The molecule has 2 aromatic rings. The number of rotatable bonds is 4. The highest BCUT2D eigenvalue weighted by molar-refractivity contribution is 7.09. The molecule has 3 heterocycles. The van der Waals surface area contributed by atoms with Crippen LogP contribution in [0, 0.1) is 0 Å². The van der Waals surface area contributed by atoms with Gasteiger partial charge in [0.25, 0.3) is 5.91 Å². The monoisotopic (exact) mass is 308 g/mol. The Morgan fingerprint density at radius 1 is 1.43 bits per heavy atom. The van der Waals surface area contributed by atoms with Crippen molar-refractivity contribution in [3.63, 3.8) is 0 Å². The van der Waals surface area contributed by atoms with Crippen molar-refractivity contribution >= 4 is 23.2 Å². The highest BCUT2D eigenvalue weighted by Crippen LogP contribution is 2.23. The van der Waals surface area contributed by atoms with E-state index in [4.69, 9.17) is 10.8 Å². The molecule has 0 spiro atoms. The standard InChI is InChI=1S/C11H12N6O3S/c12-1-9-13-8(5-21-9)10(18)16-2-6(3-16)17-4-7(11(19)20)14-15-17/h4-6H,1-3,12H2,(H,19,20). The van der Waals surface area contributed by atoms with Gasteiger partial charge < -0.3 is 15.7 Å². The van der Waals surface area contributed by atoms with E-state index in [0.29, 0.717) is 25.3 Å². The van der Waals surface area contributed by atoms with E-state index >= 15 is 0 Å². The molecular weight excluding hydrogens is 296 g/mol. The van der Waals surface area contributed by atoms with Gasteiger partial charge in [-0.3, -0.25) is 4.79 Å². The fraction of sp³-hybridized carbons (Fsp3) is 0.364. The van der Waals surface area contributed by atoms with E-state index in [0.717, 1.165) is 5.01 Å². The molecule has 10 heteroatoms. The van der Waals surface area contributed by atoms with Crippen LogP contribution in [0.15, 0.2) is 11.6 Å². The highest BCUT2D eigenvalue weighted by atomic mass is 32.1. The zero-order valence-electron chi connectivity index (χ0n) is 10.8. The third-order valence-corrected chi connectivity index (χ3v) is 4.07. The number of carbonyl (C=O) groups is 2. The fourth-order valence-corrected chi connectivity index (χ4v) is 2.65. The maximum atomic E-state index is 12.1. The summed E-state index contributed by atoms with van der Waals surface area (Å²) in [7, 11) is 0. The number of amides is 1. The van der Waals surface area contributed by atoms with Gasteiger partial charge >= 0.3 is 5.97 Å². The van der Waals surface area contributed by atoms with E-state index in [1.165, 1.54) is 22.2 Å². The molecule has 1 aliphatic heterocycles. The summed E-state index contributed by atoms with van der Waals surface area (Å²) >= 11 is 1.36. The Kier molecular flexibility index (Phi) is 3.39. The quantitative estimate of drug-likeness (QED) is 0.785. The first-order valence-corrected chi connectivity index (χ1v) is 7.05. The minimum absolute atomic E-state index is 0.0536. The van der Waals surface area contributed by atoms with Gasteiger partial charge in [-0.15, -0.1) is 16.4 Å². The number of carbonyl (C=O) groups excluding carboxylic acids is 1. The van der Waals surface area contributed by atoms with Gasteiger partial charge in [-0.05, 0) is 0 Å². The number of nitrogens with two attached hydrogens (primary N) is 1. The Bertz CT molecular complexity index is 690. The maximum absolute atomic E-state index is 12.1. The average Bonchev–Trinajstić information content (AvgIpc) is 3.05. The Hall–Kier alpha value is -2.33. The van der Waals surface area contributed by atoms with Crippen LogP contribution in [-0.2, 0) is 6.54 Å². The van der Waals surface area contributed by atoms with Crippen LogP contribution in [0.4, 0.5) is 0 Å². The zero-order chi connectivity index (χ0) is 15.0. The fourth-order valence-electron chi connectivity index (χ4n) is 2.01. The van der Waals surface area contributed by atoms with Gasteiger partial charge in [-0.1, -0.05) is 5.21 Å². The molecule has 0 aromatic carbocycles. The molecular formula is C11H12N6O3S. The third kappa shape index (κ3) is 2.50. The summed E-state index contributed by atoms with van der Waals surface area (Å²) in [5, 5.41) is 18.5. The normalized spacial score (nSPS) is 15.0. The zero-order valence-corrected chi connectivity index (χ0v) is 11.7. The number of aromatic nitrogens is 4. The summed E-state index contributed by atoms with van der Waals surface area (Å²) in [4.78, 5) is 28.6. The van der Waals surface area contributed by atoms with E-state index in [1.54, 1.807) is 10.3 Å². The Morgan fingerprint density at radius 3 is 2.76 bits per heavy atom. The van der Waals surface area contributed by atoms with E-state index in [1.807, 2.05) is 0 Å². The van der Waals surface area contributed by atoms with Crippen LogP contribution in [0.1, 0.15) is 32.0 Å². The summed E-state index contributed by atoms with van der Waals surface area (Å²) < 4.78 is 1.47. The minimum Gasteiger partial charge on any atom is -0.476 e. The van der Waals surface area contributed by atoms with Crippen LogP contribution in [-0.4, -0.2) is 55.0 Å². The molecule has 0 radical (unpaired) electrons. The van der Waals surface area contributed by atoms with Gasteiger partial charge in [0.15, 0.2) is 5.69 Å². The van der Waals surface area contributed by atoms with Crippen molar-refractivity contribution in [2.24, 2.45) is 5.73 Å². The first kappa shape index (κ1) is 13.6. The lowest BCUT2D eigenvalue weighted by atomic mass is 10.1. The number of hydrogen-bond acceptors (Lipinski definition) is 7. The Morgan fingerprint density at radius 2 is 2.19 bits per heavy atom. The Labute approximate surface area is 123 Å². The second-order valence-electron chi connectivity index (χ2n) is 4.58. The average molecular weight is 308 g/mol. The first-order valence-electron chi connectivity index (χ1n) is 6.17. The molecule has 3 rings (SSSR count). The number of carboxylic acids is 1. The summed E-state index contributed by atoms with van der Waals surface area (Å²) in [5.74, 6) is -1.27. The molecule has 1 amide bonds.